The number of rotatable bonds is 10. The molecule has 0 spiro atoms. The van der Waals surface area contributed by atoms with Gasteiger partial charge in [-0.25, -0.2) is 4.79 Å². The van der Waals surface area contributed by atoms with Gasteiger partial charge >= 0.3 is 6.09 Å². The second kappa shape index (κ2) is 20.5. The molecule has 5 N–H and O–H groups in total. The van der Waals surface area contributed by atoms with Crippen molar-refractivity contribution in [3.05, 3.63) is 142 Å². The third-order valence-electron chi connectivity index (χ3n) is 17.1. The molecule has 16 nitrogen and oxygen atoms in total. The zero-order valence-corrected chi connectivity index (χ0v) is 45.8. The molecule has 2 aromatic heterocycles. The van der Waals surface area contributed by atoms with Gasteiger partial charge in [-0.15, -0.1) is 0 Å². The van der Waals surface area contributed by atoms with Gasteiger partial charge < -0.3 is 29.8 Å². The number of hydrogen-bond donors (Lipinski definition) is 5. The third kappa shape index (κ3) is 8.82. The average Bonchev–Trinajstić information content (AvgIpc) is 4.53. The van der Waals surface area contributed by atoms with Crippen molar-refractivity contribution in [3.8, 4) is 22.3 Å². The van der Waals surface area contributed by atoms with Gasteiger partial charge in [-0.3, -0.25) is 44.3 Å². The summed E-state index contributed by atoms with van der Waals surface area (Å²) in [6.07, 6.45) is 7.25. The summed E-state index contributed by atoms with van der Waals surface area (Å²) in [5, 5.41) is 18.1. The van der Waals surface area contributed by atoms with Gasteiger partial charge in [0, 0.05) is 76.4 Å². The second-order valence-corrected chi connectivity index (χ2v) is 23.1. The van der Waals surface area contributed by atoms with Crippen LogP contribution in [0.25, 0.3) is 65.9 Å². The quantitative estimate of drug-likeness (QED) is 0.0654. The normalized spacial score (nSPS) is 17.7. The fourth-order valence-corrected chi connectivity index (χ4v) is 13.8. The predicted octanol–water partition coefficient (Wildman–Crippen LogP) is 9.05. The first-order chi connectivity index (χ1) is 39.3. The van der Waals surface area contributed by atoms with Crippen molar-refractivity contribution in [2.75, 3.05) is 26.2 Å². The summed E-state index contributed by atoms with van der Waals surface area (Å²) in [4.78, 5) is 92.5. The van der Waals surface area contributed by atoms with Crippen molar-refractivity contribution >= 4 is 85.1 Å². The lowest BCUT2D eigenvalue weighted by Gasteiger charge is -2.28. The van der Waals surface area contributed by atoms with Crippen LogP contribution < -0.4 is 26.6 Å². The van der Waals surface area contributed by atoms with Crippen molar-refractivity contribution in [3.63, 3.8) is 0 Å². The van der Waals surface area contributed by atoms with E-state index < -0.39 is 17.7 Å². The van der Waals surface area contributed by atoms with Crippen LogP contribution in [0.4, 0.5) is 4.79 Å². The Morgan fingerprint density at radius 2 is 1.05 bits per heavy atom. The highest BCUT2D eigenvalue weighted by Gasteiger charge is 2.41. The van der Waals surface area contributed by atoms with Crippen molar-refractivity contribution < 1.29 is 38.3 Å². The molecule has 412 valence electrons. The number of likely N-dealkylation sites (tertiary alicyclic amines) is 1. The summed E-state index contributed by atoms with van der Waals surface area (Å²) in [6, 6.07) is 32.2. The average molecular weight is 1090 g/mol. The molecule has 2 atom stereocenters. The van der Waals surface area contributed by atoms with Gasteiger partial charge in [-0.1, -0.05) is 84.9 Å². The number of amides is 7. The van der Waals surface area contributed by atoms with Crippen LogP contribution in [0, 0.1) is 0 Å². The molecule has 7 amide bonds. The van der Waals surface area contributed by atoms with E-state index in [0.29, 0.717) is 74.2 Å². The molecule has 8 aromatic rings. The minimum Gasteiger partial charge on any atom is -0.444 e. The van der Waals surface area contributed by atoms with Gasteiger partial charge in [0.05, 0.1) is 39.3 Å². The summed E-state index contributed by atoms with van der Waals surface area (Å²) in [6.45, 7) is 9.13. The van der Waals surface area contributed by atoms with Crippen LogP contribution in [0.2, 0.25) is 0 Å². The Labute approximate surface area is 467 Å². The summed E-state index contributed by atoms with van der Waals surface area (Å²) in [7, 11) is 0. The first-order valence-electron chi connectivity index (χ1n) is 28.6. The number of hydrogen-bond acceptors (Lipinski definition) is 9. The lowest BCUT2D eigenvalue weighted by molar-refractivity contribution is -0.125. The van der Waals surface area contributed by atoms with E-state index in [2.05, 4.69) is 72.1 Å². The van der Waals surface area contributed by atoms with E-state index in [1.54, 1.807) is 0 Å². The molecule has 0 bridgehead atoms. The van der Waals surface area contributed by atoms with E-state index in [-0.39, 0.29) is 41.5 Å². The molecular weight excluding hydrogens is 1020 g/mol. The van der Waals surface area contributed by atoms with E-state index in [9.17, 15) is 33.6 Å². The van der Waals surface area contributed by atoms with E-state index >= 15 is 0 Å². The Hall–Kier alpha value is -8.63. The fourth-order valence-electron chi connectivity index (χ4n) is 13.8. The van der Waals surface area contributed by atoms with Crippen molar-refractivity contribution in [1.82, 2.24) is 40.6 Å². The highest BCUT2D eigenvalue weighted by molar-refractivity contribution is 6.34. The highest BCUT2D eigenvalue weighted by Crippen LogP contribution is 2.49. The Kier molecular flexibility index (Phi) is 13.1. The molecule has 6 aliphatic rings. The number of benzene rings is 6. The Morgan fingerprint density at radius 1 is 0.568 bits per heavy atom. The number of nitrogens with zero attached hydrogens (tertiary/aromatic N) is 3. The molecule has 2 aliphatic carbocycles. The van der Waals surface area contributed by atoms with Crippen LogP contribution in [-0.4, -0.2) is 99.4 Å². The van der Waals surface area contributed by atoms with E-state index in [4.69, 9.17) is 4.74 Å². The van der Waals surface area contributed by atoms with E-state index in [0.717, 1.165) is 128 Å². The third-order valence-corrected chi connectivity index (χ3v) is 17.1. The molecule has 81 heavy (non-hydrogen) atoms. The zero-order valence-electron chi connectivity index (χ0n) is 45.8. The number of carbonyl (C=O) groups excluding carboxylic acids is 7. The molecule has 16 heteroatoms. The van der Waals surface area contributed by atoms with Crippen LogP contribution in [0.1, 0.15) is 123 Å². The monoisotopic (exact) mass is 1080 g/mol. The summed E-state index contributed by atoms with van der Waals surface area (Å²) < 4.78 is 10.1. The maximum Gasteiger partial charge on any atom is 0.410 e. The first-order valence-corrected chi connectivity index (χ1v) is 28.6. The number of para-hydroxylation sites is 2. The maximum absolute atomic E-state index is 13.3. The van der Waals surface area contributed by atoms with Gasteiger partial charge in [-0.2, -0.15) is 0 Å². The Balaban J connectivity index is 0.000000155. The van der Waals surface area contributed by atoms with E-state index in [1.165, 1.54) is 16.0 Å². The molecule has 4 aliphatic heterocycles. The highest BCUT2D eigenvalue weighted by atomic mass is 16.6. The predicted molar refractivity (Wildman–Crippen MR) is 310 cm³/mol. The van der Waals surface area contributed by atoms with Crippen molar-refractivity contribution in [2.24, 2.45) is 0 Å². The smallest absolute Gasteiger partial charge is 0.410 e. The standard InChI is InChI=1S/C35H36N4O5.C30H28N4O3/c1-35(2,3)44-34(43)39-18-8-14-25(39)31(40)36-17-9-19-38-24-13-7-6-12-22(24)27-29-28(32(41)37-33(29)42)23-16-15-20-10-4-5-11-21(20)26(23)30(27)38;35-28(21-10-5-14-31-21)32-15-6-16-34-22-11-4-3-9-19(22)24-26-25(29(36)33-30(26)37)20-13-12-17-7-1-2-8-18(17)23(20)27(24)34/h4-7,10-13,25H,8-9,14-19H2,1-3H3,(H,36,40)(H,37,41,42);1-4,7-9,11,21,31H,5-6,10,12-16H2,(H,32,35)(H,33,36,37). The number of carbonyl (C=O) groups is 7. The van der Waals surface area contributed by atoms with Crippen LogP contribution in [0.3, 0.4) is 0 Å². The molecule has 14 rings (SSSR count). The molecule has 0 saturated carbocycles. The number of ether oxygens (including phenoxy) is 1. The number of aryl methyl sites for hydroxylation is 4. The lowest BCUT2D eigenvalue weighted by atomic mass is 9.80. The molecule has 6 aromatic carbocycles. The summed E-state index contributed by atoms with van der Waals surface area (Å²) in [5.74, 6) is -1.38. The minimum absolute atomic E-state index is 0.0685. The number of imide groups is 2. The topological polar surface area (TPSA) is 202 Å². The van der Waals surface area contributed by atoms with Crippen molar-refractivity contribution in [1.29, 1.82) is 0 Å². The number of nitrogens with one attached hydrogen (secondary N) is 5. The van der Waals surface area contributed by atoms with Crippen LogP contribution >= 0.6 is 0 Å². The number of aromatic nitrogens is 2. The van der Waals surface area contributed by atoms with Crippen LogP contribution in [0.5, 0.6) is 0 Å². The largest absolute Gasteiger partial charge is 0.444 e. The van der Waals surface area contributed by atoms with Crippen molar-refractivity contribution in [2.45, 2.75) is 116 Å². The molecular formula is C65H64N8O8. The van der Waals surface area contributed by atoms with Gasteiger partial charge in [-0.05, 0) is 137 Å². The molecule has 6 heterocycles. The van der Waals surface area contributed by atoms with Gasteiger partial charge in [0.25, 0.3) is 23.6 Å². The summed E-state index contributed by atoms with van der Waals surface area (Å²) in [5.41, 5.74) is 14.1. The molecule has 2 unspecified atom stereocenters. The van der Waals surface area contributed by atoms with E-state index in [1.807, 2.05) is 81.4 Å². The Morgan fingerprint density at radius 3 is 1.56 bits per heavy atom. The fraction of sp³-hybridized carbons (Fsp3) is 0.338. The SMILES string of the molecule is CC(C)(C)OC(=O)N1CCCC1C(=O)NCCCn1c2ccccc2c2c3c(c4c(c21)-c1ccccc1CC4)C(=O)NC3=O.O=C1NC(=O)c2c1c1c(c3c2c2ccccc2n3CCCNC(=O)C2CCCN2)-c2ccccc2CC1. The lowest BCUT2D eigenvalue weighted by Crippen LogP contribution is -2.47. The number of fused-ring (bicyclic) bond motifs is 20. The minimum atomic E-state index is -0.628. The zero-order chi connectivity index (χ0) is 55.8. The molecule has 2 fully saturated rings. The van der Waals surface area contributed by atoms with Crippen LogP contribution in [-0.2, 0) is 53.1 Å². The van der Waals surface area contributed by atoms with Gasteiger partial charge in [0.2, 0.25) is 11.8 Å². The first kappa shape index (κ1) is 51.8. The Bertz CT molecular complexity index is 4020. The second-order valence-electron chi connectivity index (χ2n) is 23.1. The molecule has 0 radical (unpaired) electrons. The maximum atomic E-state index is 13.3. The summed E-state index contributed by atoms with van der Waals surface area (Å²) >= 11 is 0. The van der Waals surface area contributed by atoms with Gasteiger partial charge in [0.1, 0.15) is 11.6 Å². The van der Waals surface area contributed by atoms with Gasteiger partial charge in [0.15, 0.2) is 0 Å². The van der Waals surface area contributed by atoms with Crippen LogP contribution in [0.15, 0.2) is 97.1 Å². The molecule has 2 saturated heterocycles.